The molecule has 69 valence electrons. The number of amides is 1. The van der Waals surface area contributed by atoms with E-state index in [4.69, 9.17) is 23.2 Å². The van der Waals surface area contributed by atoms with Crippen molar-refractivity contribution in [1.29, 1.82) is 0 Å². The summed E-state index contributed by atoms with van der Waals surface area (Å²) in [6.45, 7) is 3.85. The van der Waals surface area contributed by atoms with E-state index in [1.165, 1.54) is 6.07 Å². The summed E-state index contributed by atoms with van der Waals surface area (Å²) in [6, 6.07) is 4.72. The first-order valence-electron chi connectivity index (χ1n) is 3.67. The van der Waals surface area contributed by atoms with Gasteiger partial charge in [0.15, 0.2) is 0 Å². The smallest absolute Gasteiger partial charge is 0.251 e. The number of rotatable bonds is 2. The normalized spacial score (nSPS) is 9.77. The lowest BCUT2D eigenvalue weighted by Gasteiger charge is -2.02. The lowest BCUT2D eigenvalue weighted by atomic mass is 10.2. The third-order valence-electron chi connectivity index (χ3n) is 1.47. The van der Waals surface area contributed by atoms with Crippen LogP contribution in [0.2, 0.25) is 10.0 Å². The largest absolute Gasteiger partial charge is 0.352 e. The van der Waals surface area contributed by atoms with Gasteiger partial charge in [0.2, 0.25) is 0 Å². The van der Waals surface area contributed by atoms with Gasteiger partial charge in [0, 0.05) is 12.1 Å². The Hall–Kier alpha value is -0.730. The maximum atomic E-state index is 11.3. The van der Waals surface area contributed by atoms with Crippen LogP contribution in [0.4, 0.5) is 0 Å². The van der Waals surface area contributed by atoms with Crippen LogP contribution in [0, 0.1) is 6.92 Å². The van der Waals surface area contributed by atoms with Crippen LogP contribution in [0.5, 0.6) is 0 Å². The molecule has 0 fully saturated rings. The zero-order chi connectivity index (χ0) is 9.84. The molecular weight excluding hydrogens is 209 g/mol. The minimum atomic E-state index is -0.200. The van der Waals surface area contributed by atoms with Crippen molar-refractivity contribution >= 4 is 29.1 Å². The van der Waals surface area contributed by atoms with E-state index in [0.29, 0.717) is 22.2 Å². The van der Waals surface area contributed by atoms with E-state index in [1.54, 1.807) is 12.1 Å². The molecule has 0 aliphatic rings. The van der Waals surface area contributed by atoms with Crippen LogP contribution in [0.15, 0.2) is 18.2 Å². The van der Waals surface area contributed by atoms with E-state index in [-0.39, 0.29) is 5.91 Å². The molecule has 2 nitrogen and oxygen atoms in total. The molecule has 0 aliphatic heterocycles. The Bertz CT molecular complexity index is 325. The minimum absolute atomic E-state index is 0.200. The van der Waals surface area contributed by atoms with Gasteiger partial charge in [0.05, 0.1) is 10.0 Å². The van der Waals surface area contributed by atoms with Crippen molar-refractivity contribution in [3.63, 3.8) is 0 Å². The second-order valence-corrected chi connectivity index (χ2v) is 3.20. The monoisotopic (exact) mass is 216 g/mol. The SMILES string of the molecule is [CH2]CNC(=O)c1ccc(Cl)c(Cl)c1. The fraction of sp³-hybridized carbons (Fsp3) is 0.111. The van der Waals surface area contributed by atoms with E-state index in [1.807, 2.05) is 0 Å². The van der Waals surface area contributed by atoms with Crippen LogP contribution in [0.1, 0.15) is 10.4 Å². The maximum absolute atomic E-state index is 11.3. The van der Waals surface area contributed by atoms with E-state index in [2.05, 4.69) is 12.2 Å². The van der Waals surface area contributed by atoms with Crippen molar-refractivity contribution in [2.24, 2.45) is 0 Å². The molecule has 1 rings (SSSR count). The Labute approximate surface area is 86.8 Å². The number of halogens is 2. The van der Waals surface area contributed by atoms with Gasteiger partial charge in [-0.15, -0.1) is 0 Å². The van der Waals surface area contributed by atoms with E-state index in [9.17, 15) is 4.79 Å². The standard InChI is InChI=1S/C9H8Cl2NO/c1-2-12-9(13)6-3-4-7(10)8(11)5-6/h3-5H,1-2H2,(H,12,13). The second-order valence-electron chi connectivity index (χ2n) is 2.38. The van der Waals surface area contributed by atoms with Crippen LogP contribution in [0.25, 0.3) is 0 Å². The quantitative estimate of drug-likeness (QED) is 0.810. The summed E-state index contributed by atoms with van der Waals surface area (Å²) in [5, 5.41) is 3.37. The molecule has 1 aromatic rings. The van der Waals surface area contributed by atoms with Gasteiger partial charge in [-0.3, -0.25) is 4.79 Å². The van der Waals surface area contributed by atoms with Crippen molar-refractivity contribution in [2.45, 2.75) is 0 Å². The van der Waals surface area contributed by atoms with E-state index in [0.717, 1.165) is 0 Å². The van der Waals surface area contributed by atoms with Crippen molar-refractivity contribution < 1.29 is 4.79 Å². The predicted octanol–water partition coefficient (Wildman–Crippen LogP) is 2.56. The summed E-state index contributed by atoms with van der Waals surface area (Å²) < 4.78 is 0. The molecule has 0 unspecified atom stereocenters. The average molecular weight is 217 g/mol. The molecule has 0 saturated heterocycles. The van der Waals surface area contributed by atoms with Gasteiger partial charge < -0.3 is 5.32 Å². The van der Waals surface area contributed by atoms with E-state index >= 15 is 0 Å². The maximum Gasteiger partial charge on any atom is 0.251 e. The van der Waals surface area contributed by atoms with Crippen molar-refractivity contribution in [2.75, 3.05) is 6.54 Å². The van der Waals surface area contributed by atoms with Gasteiger partial charge in [-0.2, -0.15) is 0 Å². The fourth-order valence-corrected chi connectivity index (χ4v) is 1.15. The van der Waals surface area contributed by atoms with Gasteiger partial charge in [0.25, 0.3) is 5.91 Å². The summed E-state index contributed by atoms with van der Waals surface area (Å²) in [6.07, 6.45) is 0. The number of hydrogen-bond acceptors (Lipinski definition) is 1. The lowest BCUT2D eigenvalue weighted by molar-refractivity contribution is 0.0958. The highest BCUT2D eigenvalue weighted by Gasteiger charge is 2.05. The van der Waals surface area contributed by atoms with Gasteiger partial charge >= 0.3 is 0 Å². The van der Waals surface area contributed by atoms with Crippen molar-refractivity contribution in [3.05, 3.63) is 40.7 Å². The van der Waals surface area contributed by atoms with Crippen LogP contribution in [0.3, 0.4) is 0 Å². The summed E-state index contributed by atoms with van der Waals surface area (Å²) in [5.74, 6) is -0.200. The first-order valence-corrected chi connectivity index (χ1v) is 4.43. The highest BCUT2D eigenvalue weighted by atomic mass is 35.5. The Morgan fingerprint density at radius 3 is 2.62 bits per heavy atom. The van der Waals surface area contributed by atoms with Gasteiger partial charge in [-0.1, -0.05) is 23.2 Å². The molecule has 0 aromatic heterocycles. The number of hydrogen-bond donors (Lipinski definition) is 1. The lowest BCUT2D eigenvalue weighted by Crippen LogP contribution is -2.22. The molecule has 0 spiro atoms. The molecule has 1 amide bonds. The average Bonchev–Trinajstić information content (AvgIpc) is 2.10. The zero-order valence-electron chi connectivity index (χ0n) is 6.81. The molecule has 1 N–H and O–H groups in total. The highest BCUT2D eigenvalue weighted by molar-refractivity contribution is 6.42. The topological polar surface area (TPSA) is 29.1 Å². The predicted molar refractivity (Wildman–Crippen MR) is 54.2 cm³/mol. The van der Waals surface area contributed by atoms with Crippen LogP contribution in [-0.2, 0) is 0 Å². The summed E-state index contributed by atoms with van der Waals surface area (Å²) in [5.41, 5.74) is 0.484. The van der Waals surface area contributed by atoms with Gasteiger partial charge in [-0.25, -0.2) is 0 Å². The molecule has 0 aliphatic carbocycles. The number of carbonyl (C=O) groups is 1. The number of benzene rings is 1. The second kappa shape index (κ2) is 4.49. The highest BCUT2D eigenvalue weighted by Crippen LogP contribution is 2.22. The minimum Gasteiger partial charge on any atom is -0.352 e. The van der Waals surface area contributed by atoms with Gasteiger partial charge in [0.1, 0.15) is 0 Å². The van der Waals surface area contributed by atoms with Gasteiger partial charge in [-0.05, 0) is 25.1 Å². The summed E-state index contributed by atoms with van der Waals surface area (Å²) in [7, 11) is 0. The first kappa shape index (κ1) is 10.4. The first-order chi connectivity index (χ1) is 6.15. The molecule has 0 saturated carbocycles. The Balaban J connectivity index is 2.90. The van der Waals surface area contributed by atoms with Crippen molar-refractivity contribution in [1.82, 2.24) is 5.32 Å². The molecular formula is C9H8Cl2NO. The third-order valence-corrected chi connectivity index (χ3v) is 2.21. The van der Waals surface area contributed by atoms with Crippen LogP contribution in [-0.4, -0.2) is 12.5 Å². The fourth-order valence-electron chi connectivity index (χ4n) is 0.853. The Morgan fingerprint density at radius 1 is 1.38 bits per heavy atom. The van der Waals surface area contributed by atoms with E-state index < -0.39 is 0 Å². The van der Waals surface area contributed by atoms with Crippen LogP contribution >= 0.6 is 23.2 Å². The third kappa shape index (κ3) is 2.61. The van der Waals surface area contributed by atoms with Crippen LogP contribution < -0.4 is 5.32 Å². The summed E-state index contributed by atoms with van der Waals surface area (Å²) in [4.78, 5) is 11.3. The molecule has 1 aromatic carbocycles. The Kier molecular flexibility index (Phi) is 3.58. The van der Waals surface area contributed by atoms with Crippen molar-refractivity contribution in [3.8, 4) is 0 Å². The number of nitrogens with one attached hydrogen (secondary N) is 1. The molecule has 0 heterocycles. The molecule has 0 atom stereocenters. The molecule has 1 radical (unpaired) electrons. The summed E-state index contributed by atoms with van der Waals surface area (Å²) >= 11 is 11.4. The Morgan fingerprint density at radius 2 is 2.08 bits per heavy atom. The number of carbonyl (C=O) groups excluding carboxylic acids is 1. The molecule has 0 bridgehead atoms. The molecule has 13 heavy (non-hydrogen) atoms. The zero-order valence-corrected chi connectivity index (χ0v) is 8.32. The molecule has 4 heteroatoms.